The number of carbonyl (C=O) groups is 1. The second kappa shape index (κ2) is 6.08. The van der Waals surface area contributed by atoms with E-state index in [1.165, 1.54) is 0 Å². The first-order valence-electron chi connectivity index (χ1n) is 5.80. The summed E-state index contributed by atoms with van der Waals surface area (Å²) in [6, 6.07) is 0.0802. The molecule has 0 saturated carbocycles. The molecule has 0 aromatic rings. The maximum atomic E-state index is 11.7. The van der Waals surface area contributed by atoms with Crippen molar-refractivity contribution >= 4 is 5.91 Å². The Morgan fingerprint density at radius 2 is 2.40 bits per heavy atom. The Bertz CT molecular complexity index is 209. The van der Waals surface area contributed by atoms with Gasteiger partial charge in [0.1, 0.15) is 0 Å². The maximum Gasteiger partial charge on any atom is 0.225 e. The lowest BCUT2D eigenvalue weighted by Crippen LogP contribution is -2.41. The SMILES string of the molecule is CCCC(N)CNC(=O)C1CCOC1C. The molecule has 4 nitrogen and oxygen atoms in total. The Labute approximate surface area is 91.5 Å². The first-order chi connectivity index (χ1) is 7.15. The van der Waals surface area contributed by atoms with Crippen LogP contribution in [-0.4, -0.2) is 31.2 Å². The van der Waals surface area contributed by atoms with Gasteiger partial charge in [0.05, 0.1) is 12.0 Å². The zero-order valence-corrected chi connectivity index (χ0v) is 9.66. The number of nitrogens with one attached hydrogen (secondary N) is 1. The average Bonchev–Trinajstić information content (AvgIpc) is 2.61. The summed E-state index contributed by atoms with van der Waals surface area (Å²) in [6.07, 6.45) is 2.89. The number of amides is 1. The van der Waals surface area contributed by atoms with Crippen molar-refractivity contribution < 1.29 is 9.53 Å². The van der Waals surface area contributed by atoms with Crippen LogP contribution in [0.1, 0.15) is 33.1 Å². The molecule has 1 amide bonds. The van der Waals surface area contributed by atoms with Crippen LogP contribution in [0.4, 0.5) is 0 Å². The molecular weight excluding hydrogens is 192 g/mol. The molecule has 1 heterocycles. The van der Waals surface area contributed by atoms with Gasteiger partial charge in [-0.1, -0.05) is 13.3 Å². The summed E-state index contributed by atoms with van der Waals surface area (Å²) in [5.74, 6) is 0.102. The van der Waals surface area contributed by atoms with Crippen molar-refractivity contribution in [2.24, 2.45) is 11.7 Å². The van der Waals surface area contributed by atoms with Crippen LogP contribution in [0.5, 0.6) is 0 Å². The van der Waals surface area contributed by atoms with E-state index in [9.17, 15) is 4.79 Å². The topological polar surface area (TPSA) is 64.3 Å². The van der Waals surface area contributed by atoms with Crippen molar-refractivity contribution in [3.8, 4) is 0 Å². The van der Waals surface area contributed by atoms with E-state index in [1.807, 2.05) is 6.92 Å². The fourth-order valence-corrected chi connectivity index (χ4v) is 1.91. The molecule has 3 atom stereocenters. The molecular formula is C11H22N2O2. The largest absolute Gasteiger partial charge is 0.378 e. The van der Waals surface area contributed by atoms with Gasteiger partial charge in [-0.3, -0.25) is 4.79 Å². The second-order valence-electron chi connectivity index (χ2n) is 4.26. The summed E-state index contributed by atoms with van der Waals surface area (Å²) in [5.41, 5.74) is 5.82. The van der Waals surface area contributed by atoms with E-state index < -0.39 is 0 Å². The quantitative estimate of drug-likeness (QED) is 0.706. The highest BCUT2D eigenvalue weighted by molar-refractivity contribution is 5.79. The first kappa shape index (κ1) is 12.5. The smallest absolute Gasteiger partial charge is 0.225 e. The van der Waals surface area contributed by atoms with Gasteiger partial charge in [0.15, 0.2) is 0 Å². The Morgan fingerprint density at radius 1 is 1.67 bits per heavy atom. The van der Waals surface area contributed by atoms with Crippen molar-refractivity contribution in [2.45, 2.75) is 45.3 Å². The summed E-state index contributed by atoms with van der Waals surface area (Å²) in [6.45, 7) is 5.31. The van der Waals surface area contributed by atoms with Gasteiger partial charge in [0.25, 0.3) is 0 Å². The monoisotopic (exact) mass is 214 g/mol. The van der Waals surface area contributed by atoms with Crippen molar-refractivity contribution in [3.05, 3.63) is 0 Å². The second-order valence-corrected chi connectivity index (χ2v) is 4.26. The molecule has 15 heavy (non-hydrogen) atoms. The number of nitrogens with two attached hydrogens (primary N) is 1. The van der Waals surface area contributed by atoms with Gasteiger partial charge in [-0.2, -0.15) is 0 Å². The third-order valence-electron chi connectivity index (χ3n) is 2.91. The lowest BCUT2D eigenvalue weighted by molar-refractivity contribution is -0.126. The molecule has 0 bridgehead atoms. The molecule has 0 aromatic heterocycles. The van der Waals surface area contributed by atoms with Crippen molar-refractivity contribution in [1.82, 2.24) is 5.32 Å². The summed E-state index contributed by atoms with van der Waals surface area (Å²) in [7, 11) is 0. The third kappa shape index (κ3) is 3.80. The van der Waals surface area contributed by atoms with E-state index in [4.69, 9.17) is 10.5 Å². The number of hydrogen-bond acceptors (Lipinski definition) is 3. The van der Waals surface area contributed by atoms with Crippen molar-refractivity contribution in [2.75, 3.05) is 13.2 Å². The van der Waals surface area contributed by atoms with Gasteiger partial charge in [0.2, 0.25) is 5.91 Å². The molecule has 4 heteroatoms. The number of rotatable bonds is 5. The Balaban J connectivity index is 2.23. The molecule has 0 spiro atoms. The predicted octanol–water partition coefficient (Wildman–Crippen LogP) is 0.655. The van der Waals surface area contributed by atoms with Gasteiger partial charge in [0, 0.05) is 19.2 Å². The van der Waals surface area contributed by atoms with Crippen LogP contribution in [-0.2, 0) is 9.53 Å². The van der Waals surface area contributed by atoms with Crippen LogP contribution in [0.15, 0.2) is 0 Å². The van der Waals surface area contributed by atoms with Crippen LogP contribution in [0.2, 0.25) is 0 Å². The Hall–Kier alpha value is -0.610. The fraction of sp³-hybridized carbons (Fsp3) is 0.909. The zero-order valence-electron chi connectivity index (χ0n) is 9.66. The van der Waals surface area contributed by atoms with Gasteiger partial charge in [-0.05, 0) is 19.8 Å². The predicted molar refractivity (Wildman–Crippen MR) is 59.4 cm³/mol. The average molecular weight is 214 g/mol. The standard InChI is InChI=1S/C11H22N2O2/c1-3-4-9(12)7-13-11(14)10-5-6-15-8(10)2/h8-10H,3-7,12H2,1-2H3,(H,13,14). The Kier molecular flexibility index (Phi) is 5.05. The highest BCUT2D eigenvalue weighted by atomic mass is 16.5. The van der Waals surface area contributed by atoms with E-state index in [2.05, 4.69) is 12.2 Å². The zero-order chi connectivity index (χ0) is 11.3. The van der Waals surface area contributed by atoms with E-state index in [0.717, 1.165) is 19.3 Å². The number of hydrogen-bond donors (Lipinski definition) is 2. The highest BCUT2D eigenvalue weighted by Crippen LogP contribution is 2.20. The fourth-order valence-electron chi connectivity index (χ4n) is 1.91. The van der Waals surface area contributed by atoms with E-state index >= 15 is 0 Å². The molecule has 3 N–H and O–H groups in total. The van der Waals surface area contributed by atoms with Gasteiger partial charge in [-0.25, -0.2) is 0 Å². The minimum atomic E-state index is 0.0128. The highest BCUT2D eigenvalue weighted by Gasteiger charge is 2.30. The molecule has 88 valence electrons. The molecule has 3 unspecified atom stereocenters. The number of carbonyl (C=O) groups excluding carboxylic acids is 1. The summed E-state index contributed by atoms with van der Waals surface area (Å²) in [4.78, 5) is 11.7. The van der Waals surface area contributed by atoms with Gasteiger partial charge < -0.3 is 15.8 Å². The van der Waals surface area contributed by atoms with E-state index in [1.54, 1.807) is 0 Å². The van der Waals surface area contributed by atoms with Gasteiger partial charge in [-0.15, -0.1) is 0 Å². The summed E-state index contributed by atoms with van der Waals surface area (Å²) in [5, 5.41) is 2.90. The van der Waals surface area contributed by atoms with Crippen LogP contribution in [0, 0.1) is 5.92 Å². The Morgan fingerprint density at radius 3 is 2.93 bits per heavy atom. The van der Waals surface area contributed by atoms with E-state index in [0.29, 0.717) is 13.2 Å². The van der Waals surface area contributed by atoms with Crippen LogP contribution in [0.25, 0.3) is 0 Å². The van der Waals surface area contributed by atoms with Crippen LogP contribution in [0.3, 0.4) is 0 Å². The third-order valence-corrected chi connectivity index (χ3v) is 2.91. The lowest BCUT2D eigenvalue weighted by Gasteiger charge is -2.16. The molecule has 1 fully saturated rings. The summed E-state index contributed by atoms with van der Waals surface area (Å²) >= 11 is 0. The molecule has 0 radical (unpaired) electrons. The molecule has 0 aromatic carbocycles. The minimum Gasteiger partial charge on any atom is -0.378 e. The molecule has 1 rings (SSSR count). The normalized spacial score (nSPS) is 27.7. The minimum absolute atomic E-state index is 0.0128. The van der Waals surface area contributed by atoms with Crippen LogP contribution >= 0.6 is 0 Å². The first-order valence-corrected chi connectivity index (χ1v) is 5.80. The lowest BCUT2D eigenvalue weighted by atomic mass is 10.0. The molecule has 0 aliphatic carbocycles. The van der Waals surface area contributed by atoms with Crippen molar-refractivity contribution in [1.29, 1.82) is 0 Å². The maximum absolute atomic E-state index is 11.7. The van der Waals surface area contributed by atoms with Crippen molar-refractivity contribution in [3.63, 3.8) is 0 Å². The number of ether oxygens (including phenoxy) is 1. The van der Waals surface area contributed by atoms with Crippen LogP contribution < -0.4 is 11.1 Å². The van der Waals surface area contributed by atoms with Gasteiger partial charge >= 0.3 is 0 Å². The molecule has 1 saturated heterocycles. The molecule has 1 aliphatic heterocycles. The van der Waals surface area contributed by atoms with E-state index in [-0.39, 0.29) is 24.0 Å². The molecule has 1 aliphatic rings. The summed E-state index contributed by atoms with van der Waals surface area (Å²) < 4.78 is 5.35.